The summed E-state index contributed by atoms with van der Waals surface area (Å²) in [5.74, 6) is 1.10. The van der Waals surface area contributed by atoms with E-state index in [9.17, 15) is 4.79 Å². The van der Waals surface area contributed by atoms with Crippen molar-refractivity contribution in [3.05, 3.63) is 65.2 Å². The lowest BCUT2D eigenvalue weighted by Gasteiger charge is -2.09. The zero-order chi connectivity index (χ0) is 16.7. The van der Waals surface area contributed by atoms with E-state index in [2.05, 4.69) is 38.1 Å². The van der Waals surface area contributed by atoms with Gasteiger partial charge in [-0.1, -0.05) is 38.1 Å². The summed E-state index contributed by atoms with van der Waals surface area (Å²) >= 11 is 0. The number of esters is 1. The van der Waals surface area contributed by atoms with Crippen LogP contribution in [0.25, 0.3) is 0 Å². The first-order valence-corrected chi connectivity index (χ1v) is 8.06. The van der Waals surface area contributed by atoms with E-state index in [-0.39, 0.29) is 5.97 Å². The van der Waals surface area contributed by atoms with Gasteiger partial charge in [0.25, 0.3) is 0 Å². The molecule has 0 spiro atoms. The van der Waals surface area contributed by atoms with Gasteiger partial charge >= 0.3 is 5.97 Å². The molecule has 23 heavy (non-hydrogen) atoms. The van der Waals surface area contributed by atoms with Crippen LogP contribution in [-0.2, 0) is 17.8 Å². The van der Waals surface area contributed by atoms with Crippen molar-refractivity contribution in [2.45, 2.75) is 33.8 Å². The SMILES string of the molecule is CCOC(=O)c1ccc(OCc2ccc(CC(C)C)cc2)cc1. The molecule has 0 aliphatic heterocycles. The molecule has 0 fully saturated rings. The van der Waals surface area contributed by atoms with Crippen molar-refractivity contribution in [3.8, 4) is 5.75 Å². The molecule has 0 saturated heterocycles. The van der Waals surface area contributed by atoms with Gasteiger partial charge < -0.3 is 9.47 Å². The fourth-order valence-corrected chi connectivity index (χ4v) is 2.31. The monoisotopic (exact) mass is 312 g/mol. The number of carbonyl (C=O) groups excluding carboxylic acids is 1. The molecule has 122 valence electrons. The van der Waals surface area contributed by atoms with E-state index in [0.29, 0.717) is 24.7 Å². The molecule has 2 aromatic rings. The zero-order valence-corrected chi connectivity index (χ0v) is 14.0. The molecule has 0 bridgehead atoms. The molecule has 2 aromatic carbocycles. The average molecular weight is 312 g/mol. The number of carbonyl (C=O) groups is 1. The summed E-state index contributed by atoms with van der Waals surface area (Å²) < 4.78 is 10.7. The van der Waals surface area contributed by atoms with Crippen molar-refractivity contribution in [1.29, 1.82) is 0 Å². The van der Waals surface area contributed by atoms with Gasteiger partial charge in [0, 0.05) is 0 Å². The van der Waals surface area contributed by atoms with Gasteiger partial charge in [0.15, 0.2) is 0 Å². The molecule has 0 N–H and O–H groups in total. The van der Waals surface area contributed by atoms with Crippen LogP contribution in [0.5, 0.6) is 5.75 Å². The Bertz CT molecular complexity index is 612. The molecule has 0 aliphatic rings. The number of hydrogen-bond donors (Lipinski definition) is 0. The first-order chi connectivity index (χ1) is 11.1. The van der Waals surface area contributed by atoms with Gasteiger partial charge in [-0.05, 0) is 54.7 Å². The molecule has 0 radical (unpaired) electrons. The smallest absolute Gasteiger partial charge is 0.338 e. The highest BCUT2D eigenvalue weighted by molar-refractivity contribution is 5.89. The fraction of sp³-hybridized carbons (Fsp3) is 0.350. The Morgan fingerprint density at radius 3 is 2.13 bits per heavy atom. The van der Waals surface area contributed by atoms with Gasteiger partial charge in [-0.3, -0.25) is 0 Å². The number of rotatable bonds is 7. The van der Waals surface area contributed by atoms with E-state index in [1.54, 1.807) is 31.2 Å². The molecule has 3 nitrogen and oxygen atoms in total. The Morgan fingerprint density at radius 2 is 1.57 bits per heavy atom. The van der Waals surface area contributed by atoms with E-state index >= 15 is 0 Å². The minimum atomic E-state index is -0.306. The van der Waals surface area contributed by atoms with Crippen molar-refractivity contribution in [2.75, 3.05) is 6.61 Å². The van der Waals surface area contributed by atoms with Crippen LogP contribution in [0, 0.1) is 5.92 Å². The molecule has 0 heterocycles. The molecule has 3 heteroatoms. The van der Waals surface area contributed by atoms with Crippen LogP contribution in [-0.4, -0.2) is 12.6 Å². The summed E-state index contributed by atoms with van der Waals surface area (Å²) in [5.41, 5.74) is 3.02. The number of benzene rings is 2. The summed E-state index contributed by atoms with van der Waals surface area (Å²) in [6.45, 7) is 7.13. The predicted octanol–water partition coefficient (Wildman–Crippen LogP) is 4.64. The summed E-state index contributed by atoms with van der Waals surface area (Å²) in [7, 11) is 0. The van der Waals surface area contributed by atoms with Crippen molar-refractivity contribution < 1.29 is 14.3 Å². The molecular weight excluding hydrogens is 288 g/mol. The molecule has 0 aromatic heterocycles. The predicted molar refractivity (Wildman–Crippen MR) is 91.7 cm³/mol. The van der Waals surface area contributed by atoms with Crippen LogP contribution >= 0.6 is 0 Å². The van der Waals surface area contributed by atoms with E-state index in [1.807, 2.05) is 0 Å². The Morgan fingerprint density at radius 1 is 0.957 bits per heavy atom. The maximum absolute atomic E-state index is 11.6. The van der Waals surface area contributed by atoms with Crippen LogP contribution in [0.3, 0.4) is 0 Å². The lowest BCUT2D eigenvalue weighted by Crippen LogP contribution is -2.04. The normalized spacial score (nSPS) is 10.6. The third-order valence-corrected chi connectivity index (χ3v) is 3.44. The molecule has 0 aliphatic carbocycles. The lowest BCUT2D eigenvalue weighted by molar-refractivity contribution is 0.0526. The highest BCUT2D eigenvalue weighted by Crippen LogP contribution is 2.16. The van der Waals surface area contributed by atoms with Gasteiger partial charge in [0.1, 0.15) is 12.4 Å². The van der Waals surface area contributed by atoms with Gasteiger partial charge in [-0.25, -0.2) is 4.79 Å². The standard InChI is InChI=1S/C20H24O3/c1-4-22-20(21)18-9-11-19(12-10-18)23-14-17-7-5-16(6-8-17)13-15(2)3/h5-12,15H,4,13-14H2,1-3H3. The second kappa shape index (κ2) is 8.37. The second-order valence-corrected chi connectivity index (χ2v) is 5.95. The Hall–Kier alpha value is -2.29. The van der Waals surface area contributed by atoms with Crippen molar-refractivity contribution in [2.24, 2.45) is 5.92 Å². The first kappa shape index (κ1) is 17.1. The number of hydrogen-bond acceptors (Lipinski definition) is 3. The van der Waals surface area contributed by atoms with E-state index in [1.165, 1.54) is 5.56 Å². The number of ether oxygens (including phenoxy) is 2. The van der Waals surface area contributed by atoms with Crippen LogP contribution in [0.15, 0.2) is 48.5 Å². The van der Waals surface area contributed by atoms with Gasteiger partial charge in [-0.15, -0.1) is 0 Å². The molecule has 0 saturated carbocycles. The summed E-state index contributed by atoms with van der Waals surface area (Å²) in [4.78, 5) is 11.6. The maximum Gasteiger partial charge on any atom is 0.338 e. The third-order valence-electron chi connectivity index (χ3n) is 3.44. The lowest BCUT2D eigenvalue weighted by atomic mass is 10.0. The zero-order valence-electron chi connectivity index (χ0n) is 14.0. The maximum atomic E-state index is 11.6. The highest BCUT2D eigenvalue weighted by atomic mass is 16.5. The average Bonchev–Trinajstić information content (AvgIpc) is 2.54. The van der Waals surface area contributed by atoms with Crippen LogP contribution in [0.4, 0.5) is 0 Å². The van der Waals surface area contributed by atoms with Crippen LogP contribution in [0.1, 0.15) is 42.3 Å². The van der Waals surface area contributed by atoms with Gasteiger partial charge in [0.05, 0.1) is 12.2 Å². The van der Waals surface area contributed by atoms with Crippen molar-refractivity contribution in [3.63, 3.8) is 0 Å². The minimum absolute atomic E-state index is 0.306. The molecule has 0 unspecified atom stereocenters. The Balaban J connectivity index is 1.89. The quantitative estimate of drug-likeness (QED) is 0.699. The van der Waals surface area contributed by atoms with Crippen LogP contribution in [0.2, 0.25) is 0 Å². The third kappa shape index (κ3) is 5.44. The Labute approximate surface area is 138 Å². The van der Waals surface area contributed by atoms with Crippen molar-refractivity contribution in [1.82, 2.24) is 0 Å². The van der Waals surface area contributed by atoms with Gasteiger partial charge in [0.2, 0.25) is 0 Å². The summed E-state index contributed by atoms with van der Waals surface area (Å²) in [5, 5.41) is 0. The topological polar surface area (TPSA) is 35.5 Å². The molecule has 2 rings (SSSR count). The fourth-order valence-electron chi connectivity index (χ4n) is 2.31. The van der Waals surface area contributed by atoms with Gasteiger partial charge in [-0.2, -0.15) is 0 Å². The molecule has 0 amide bonds. The van der Waals surface area contributed by atoms with Crippen molar-refractivity contribution >= 4 is 5.97 Å². The minimum Gasteiger partial charge on any atom is -0.489 e. The molecule has 0 atom stereocenters. The summed E-state index contributed by atoms with van der Waals surface area (Å²) in [6, 6.07) is 15.5. The van der Waals surface area contributed by atoms with E-state index in [0.717, 1.165) is 17.7 Å². The van der Waals surface area contributed by atoms with Crippen LogP contribution < -0.4 is 4.74 Å². The summed E-state index contributed by atoms with van der Waals surface area (Å²) in [6.07, 6.45) is 1.09. The van der Waals surface area contributed by atoms with E-state index in [4.69, 9.17) is 9.47 Å². The molecular formula is C20H24O3. The largest absolute Gasteiger partial charge is 0.489 e. The second-order valence-electron chi connectivity index (χ2n) is 5.95. The van der Waals surface area contributed by atoms with E-state index < -0.39 is 0 Å². The Kier molecular flexibility index (Phi) is 6.21. The first-order valence-electron chi connectivity index (χ1n) is 8.06. The highest BCUT2D eigenvalue weighted by Gasteiger charge is 2.06.